The zero-order chi connectivity index (χ0) is 20.2. The number of nitrogens with zero attached hydrogens (tertiary/aromatic N) is 2. The normalized spacial score (nSPS) is 13.2. The van der Waals surface area contributed by atoms with Gasteiger partial charge in [0.15, 0.2) is 0 Å². The lowest BCUT2D eigenvalue weighted by atomic mass is 10.2. The summed E-state index contributed by atoms with van der Waals surface area (Å²) < 4.78 is 6.22. The number of halogens is 1. The molecule has 0 radical (unpaired) electrons. The highest BCUT2D eigenvalue weighted by Gasteiger charge is 2.11. The van der Waals surface area contributed by atoms with Gasteiger partial charge in [-0.3, -0.25) is 4.90 Å². The molecule has 2 amide bonds. The van der Waals surface area contributed by atoms with Crippen molar-refractivity contribution in [1.82, 2.24) is 9.80 Å². The molecule has 1 aliphatic rings. The van der Waals surface area contributed by atoms with Crippen molar-refractivity contribution in [2.24, 2.45) is 0 Å². The topological polar surface area (TPSA) is 44.8 Å². The maximum absolute atomic E-state index is 12.0. The van der Waals surface area contributed by atoms with Crippen LogP contribution in [0.5, 0.6) is 5.75 Å². The number of carbonyl (C=O) groups excluding carboxylic acids is 1. The summed E-state index contributed by atoms with van der Waals surface area (Å²) in [6.07, 6.45) is 5.46. The molecule has 0 aliphatic carbocycles. The fourth-order valence-corrected chi connectivity index (χ4v) is 2.72. The quantitative estimate of drug-likeness (QED) is 0.644. The number of nitrogens with one attached hydrogen (secondary N) is 1. The Kier molecular flexibility index (Phi) is 9.59. The molecule has 2 aromatic carbocycles. The summed E-state index contributed by atoms with van der Waals surface area (Å²) in [6, 6.07) is 17.1. The van der Waals surface area contributed by atoms with Gasteiger partial charge in [-0.05, 0) is 55.9 Å². The lowest BCUT2D eigenvalue weighted by molar-refractivity contribution is 0.203. The molecule has 1 saturated heterocycles. The zero-order valence-electron chi connectivity index (χ0n) is 16.5. The summed E-state index contributed by atoms with van der Waals surface area (Å²) >= 11 is 3.31. The van der Waals surface area contributed by atoms with Crippen molar-refractivity contribution in [1.29, 1.82) is 0 Å². The number of anilines is 1. The van der Waals surface area contributed by atoms with Crippen LogP contribution in [0.1, 0.15) is 6.42 Å². The Morgan fingerprint density at radius 2 is 1.82 bits per heavy atom. The molecule has 1 aliphatic heterocycles. The van der Waals surface area contributed by atoms with E-state index in [1.54, 1.807) is 19.1 Å². The van der Waals surface area contributed by atoms with Gasteiger partial charge in [0.2, 0.25) is 0 Å². The van der Waals surface area contributed by atoms with E-state index in [1.807, 2.05) is 60.7 Å². The van der Waals surface area contributed by atoms with E-state index in [0.29, 0.717) is 6.54 Å². The third kappa shape index (κ3) is 8.15. The molecule has 0 bridgehead atoms. The van der Waals surface area contributed by atoms with Gasteiger partial charge in [-0.1, -0.05) is 46.3 Å². The Hall–Kier alpha value is -2.31. The lowest BCUT2D eigenvalue weighted by Gasteiger charge is -2.29. The minimum Gasteiger partial charge on any atom is -0.497 e. The maximum Gasteiger partial charge on any atom is 0.321 e. The Bertz CT molecular complexity index is 731. The second-order valence-corrected chi connectivity index (χ2v) is 7.38. The predicted octanol–water partition coefficient (Wildman–Crippen LogP) is 4.87. The minimum atomic E-state index is -0.117. The monoisotopic (exact) mass is 445 g/mol. The third-order valence-corrected chi connectivity index (χ3v) is 4.81. The summed E-state index contributed by atoms with van der Waals surface area (Å²) in [5.74, 6) is 0.773. The Morgan fingerprint density at radius 1 is 1.14 bits per heavy atom. The van der Waals surface area contributed by atoms with Crippen LogP contribution in [0.3, 0.4) is 0 Å². The molecular weight excluding hydrogens is 418 g/mol. The second-order valence-electron chi connectivity index (χ2n) is 6.46. The number of hydrogen-bond acceptors (Lipinski definition) is 3. The SMILES string of the molecule is Brc1ccccc1.COc1ccc(NC(=O)N(C)C/C=C\CN2CCC2)cc1. The van der Waals surface area contributed by atoms with E-state index in [4.69, 9.17) is 4.74 Å². The smallest absolute Gasteiger partial charge is 0.321 e. The van der Waals surface area contributed by atoms with Crippen molar-refractivity contribution < 1.29 is 9.53 Å². The van der Waals surface area contributed by atoms with Crippen molar-refractivity contribution in [3.05, 3.63) is 71.2 Å². The van der Waals surface area contributed by atoms with E-state index in [2.05, 4.69) is 32.2 Å². The van der Waals surface area contributed by atoms with Crippen LogP contribution in [-0.2, 0) is 0 Å². The van der Waals surface area contributed by atoms with Crippen molar-refractivity contribution in [3.63, 3.8) is 0 Å². The minimum absolute atomic E-state index is 0.117. The van der Waals surface area contributed by atoms with Gasteiger partial charge in [0.05, 0.1) is 7.11 Å². The molecule has 6 heteroatoms. The molecule has 1 N–H and O–H groups in total. The van der Waals surface area contributed by atoms with Crippen molar-refractivity contribution in [2.75, 3.05) is 45.7 Å². The van der Waals surface area contributed by atoms with E-state index in [-0.39, 0.29) is 6.03 Å². The van der Waals surface area contributed by atoms with Crippen molar-refractivity contribution >= 4 is 27.6 Å². The summed E-state index contributed by atoms with van der Waals surface area (Å²) in [4.78, 5) is 16.0. The van der Waals surface area contributed by atoms with Crippen LogP contribution in [0, 0.1) is 0 Å². The van der Waals surface area contributed by atoms with Crippen LogP contribution in [0.25, 0.3) is 0 Å². The molecule has 0 spiro atoms. The Balaban J connectivity index is 0.000000336. The first kappa shape index (κ1) is 22.0. The van der Waals surface area contributed by atoms with E-state index in [1.165, 1.54) is 19.5 Å². The summed E-state index contributed by atoms with van der Waals surface area (Å²) in [5.41, 5.74) is 0.761. The number of urea groups is 1. The zero-order valence-corrected chi connectivity index (χ0v) is 18.1. The molecule has 5 nitrogen and oxygen atoms in total. The summed E-state index contributed by atoms with van der Waals surface area (Å²) in [7, 11) is 3.40. The van der Waals surface area contributed by atoms with Gasteiger partial charge < -0.3 is 15.0 Å². The Morgan fingerprint density at radius 3 is 2.32 bits per heavy atom. The first-order valence-electron chi connectivity index (χ1n) is 9.32. The molecular formula is C22H28BrN3O2. The standard InChI is InChI=1S/C16H23N3O2.C6H5Br/c1-18(10-3-4-11-19-12-5-13-19)16(20)17-14-6-8-15(21-2)9-7-14;7-6-4-2-1-3-5-6/h3-4,6-9H,5,10-13H2,1-2H3,(H,17,20);1-5H/b4-3-;. The number of ether oxygens (including phenoxy) is 1. The molecule has 0 unspecified atom stereocenters. The molecule has 0 saturated carbocycles. The molecule has 2 aromatic rings. The number of hydrogen-bond donors (Lipinski definition) is 1. The highest BCUT2D eigenvalue weighted by atomic mass is 79.9. The number of likely N-dealkylation sites (N-methyl/N-ethyl adjacent to an activating group) is 1. The van der Waals surface area contributed by atoms with E-state index >= 15 is 0 Å². The van der Waals surface area contributed by atoms with Gasteiger partial charge >= 0.3 is 6.03 Å². The average Bonchev–Trinajstić information content (AvgIpc) is 2.68. The van der Waals surface area contributed by atoms with Gasteiger partial charge in [0.25, 0.3) is 0 Å². The number of methoxy groups -OCH3 is 1. The second kappa shape index (κ2) is 12.2. The highest BCUT2D eigenvalue weighted by Crippen LogP contribution is 2.15. The van der Waals surface area contributed by atoms with Crippen LogP contribution >= 0.6 is 15.9 Å². The van der Waals surface area contributed by atoms with Crippen LogP contribution in [-0.4, -0.2) is 56.2 Å². The van der Waals surface area contributed by atoms with Crippen LogP contribution < -0.4 is 10.1 Å². The number of benzene rings is 2. The van der Waals surface area contributed by atoms with Crippen molar-refractivity contribution in [3.8, 4) is 5.75 Å². The molecule has 0 aromatic heterocycles. The van der Waals surface area contributed by atoms with E-state index < -0.39 is 0 Å². The fourth-order valence-electron chi connectivity index (χ4n) is 2.41. The average molecular weight is 446 g/mol. The third-order valence-electron chi connectivity index (χ3n) is 4.28. The molecule has 150 valence electrons. The molecule has 0 atom stereocenters. The van der Waals surface area contributed by atoms with E-state index in [9.17, 15) is 4.79 Å². The van der Waals surface area contributed by atoms with Crippen LogP contribution in [0.4, 0.5) is 10.5 Å². The van der Waals surface area contributed by atoms with Gasteiger partial charge in [-0.15, -0.1) is 0 Å². The predicted molar refractivity (Wildman–Crippen MR) is 119 cm³/mol. The molecule has 3 rings (SSSR count). The maximum atomic E-state index is 12.0. The first-order chi connectivity index (χ1) is 13.6. The molecule has 28 heavy (non-hydrogen) atoms. The fraction of sp³-hybridized carbons (Fsp3) is 0.318. The summed E-state index contributed by atoms with van der Waals surface area (Å²) in [6.45, 7) is 3.97. The number of carbonyl (C=O) groups is 1. The Labute approximate surface area is 176 Å². The van der Waals surface area contributed by atoms with Crippen LogP contribution in [0.2, 0.25) is 0 Å². The lowest BCUT2D eigenvalue weighted by Crippen LogP contribution is -2.37. The molecule has 1 heterocycles. The highest BCUT2D eigenvalue weighted by molar-refractivity contribution is 9.10. The van der Waals surface area contributed by atoms with Crippen molar-refractivity contribution in [2.45, 2.75) is 6.42 Å². The number of rotatable bonds is 6. The van der Waals surface area contributed by atoms with Gasteiger partial charge in [0.1, 0.15) is 5.75 Å². The van der Waals surface area contributed by atoms with Crippen LogP contribution in [0.15, 0.2) is 71.2 Å². The van der Waals surface area contributed by atoms with Gasteiger partial charge in [-0.2, -0.15) is 0 Å². The van der Waals surface area contributed by atoms with Gasteiger partial charge in [0, 0.05) is 30.3 Å². The molecule has 1 fully saturated rings. The first-order valence-corrected chi connectivity index (χ1v) is 10.1. The van der Waals surface area contributed by atoms with E-state index in [0.717, 1.165) is 22.5 Å². The van der Waals surface area contributed by atoms with Gasteiger partial charge in [-0.25, -0.2) is 4.79 Å². The largest absolute Gasteiger partial charge is 0.497 e. The number of amides is 2. The number of likely N-dealkylation sites (tertiary alicyclic amines) is 1. The summed E-state index contributed by atoms with van der Waals surface area (Å²) in [5, 5.41) is 2.85.